The second-order valence-electron chi connectivity index (χ2n) is 9.08. The molecule has 0 bridgehead atoms. The molecule has 37 heavy (non-hydrogen) atoms. The number of aromatic nitrogens is 5. The summed E-state index contributed by atoms with van der Waals surface area (Å²) in [4.78, 5) is 33.1. The van der Waals surface area contributed by atoms with E-state index >= 15 is 0 Å². The average Bonchev–Trinajstić information content (AvgIpc) is 2.93. The third-order valence-electron chi connectivity index (χ3n) is 6.83. The third-order valence-corrected chi connectivity index (χ3v) is 7.13. The Morgan fingerprint density at radius 1 is 0.973 bits per heavy atom. The normalized spacial score (nSPS) is 13.9. The van der Waals surface area contributed by atoms with Gasteiger partial charge in [0.05, 0.1) is 16.1 Å². The van der Waals surface area contributed by atoms with Crippen molar-refractivity contribution in [3.8, 4) is 5.69 Å². The lowest BCUT2D eigenvalue weighted by Gasteiger charge is -2.30. The van der Waals surface area contributed by atoms with Crippen molar-refractivity contribution in [2.45, 2.75) is 19.5 Å². The Labute approximate surface area is 216 Å². The van der Waals surface area contributed by atoms with Crippen LogP contribution in [0, 0.1) is 0 Å². The molecule has 182 valence electrons. The van der Waals surface area contributed by atoms with Gasteiger partial charge in [-0.3, -0.25) is 0 Å². The monoisotopic (exact) mass is 508 g/mol. The lowest BCUT2D eigenvalue weighted by Crippen LogP contribution is -2.30. The summed E-state index contributed by atoms with van der Waals surface area (Å²) in [5.74, 6) is 1.96. The molecule has 2 N–H and O–H groups in total. The first-order valence-corrected chi connectivity index (χ1v) is 12.4. The second kappa shape index (κ2) is 8.56. The van der Waals surface area contributed by atoms with Gasteiger partial charge in [0.1, 0.15) is 11.6 Å². The third kappa shape index (κ3) is 3.75. The number of halogens is 1. The molecule has 7 rings (SSSR count). The number of nitrogens with one attached hydrogen (secondary N) is 2. The molecule has 0 saturated carbocycles. The van der Waals surface area contributed by atoms with Gasteiger partial charge >= 0.3 is 5.69 Å². The van der Waals surface area contributed by atoms with E-state index in [1.807, 2.05) is 42.6 Å². The first kappa shape index (κ1) is 21.8. The first-order valence-electron chi connectivity index (χ1n) is 12.0. The summed E-state index contributed by atoms with van der Waals surface area (Å²) in [6.45, 7) is 2.26. The molecule has 9 nitrogen and oxygen atoms in total. The lowest BCUT2D eigenvalue weighted by atomic mass is 9.99. The van der Waals surface area contributed by atoms with E-state index in [0.29, 0.717) is 40.1 Å². The minimum Gasteiger partial charge on any atom is -0.366 e. The number of fused-ring (bicyclic) bond motifs is 6. The van der Waals surface area contributed by atoms with Crippen LogP contribution in [0.3, 0.4) is 0 Å². The fraction of sp³-hybridized carbons (Fsp3) is 0.148. The van der Waals surface area contributed by atoms with Crippen LogP contribution in [0.25, 0.3) is 16.7 Å². The van der Waals surface area contributed by atoms with E-state index in [4.69, 9.17) is 11.6 Å². The van der Waals surface area contributed by atoms with Gasteiger partial charge in [-0.05, 0) is 53.4 Å². The Kier molecular flexibility index (Phi) is 5.03. The molecular formula is C27H21ClN8O. The Bertz CT molecular complexity index is 1740. The quantitative estimate of drug-likeness (QED) is 0.368. The van der Waals surface area contributed by atoms with Crippen LogP contribution in [0.5, 0.6) is 0 Å². The summed E-state index contributed by atoms with van der Waals surface area (Å²) in [5, 5.41) is 7.73. The van der Waals surface area contributed by atoms with Gasteiger partial charge in [0.2, 0.25) is 5.95 Å². The predicted molar refractivity (Wildman–Crippen MR) is 144 cm³/mol. The van der Waals surface area contributed by atoms with Crippen LogP contribution in [0.2, 0.25) is 5.02 Å². The van der Waals surface area contributed by atoms with Crippen molar-refractivity contribution in [1.82, 2.24) is 24.5 Å². The topological polar surface area (TPSA) is 101 Å². The molecule has 0 radical (unpaired) electrons. The number of nitrogens with zero attached hydrogens (tertiary/aromatic N) is 6. The minimum absolute atomic E-state index is 0.320. The van der Waals surface area contributed by atoms with E-state index in [9.17, 15) is 4.79 Å². The van der Waals surface area contributed by atoms with Crippen LogP contribution in [0.1, 0.15) is 16.7 Å². The highest BCUT2D eigenvalue weighted by atomic mass is 35.5. The zero-order chi connectivity index (χ0) is 24.9. The molecule has 5 heterocycles. The van der Waals surface area contributed by atoms with E-state index in [0.717, 1.165) is 36.6 Å². The molecule has 2 aliphatic heterocycles. The molecule has 0 fully saturated rings. The van der Waals surface area contributed by atoms with Crippen LogP contribution in [0.4, 0.5) is 23.3 Å². The van der Waals surface area contributed by atoms with Crippen LogP contribution < -0.4 is 21.2 Å². The highest BCUT2D eigenvalue weighted by Gasteiger charge is 2.23. The molecule has 0 amide bonds. The van der Waals surface area contributed by atoms with E-state index in [-0.39, 0.29) is 0 Å². The molecule has 3 aromatic heterocycles. The van der Waals surface area contributed by atoms with E-state index < -0.39 is 5.69 Å². The number of benzene rings is 2. The fourth-order valence-electron chi connectivity index (χ4n) is 5.05. The second-order valence-corrected chi connectivity index (χ2v) is 9.49. The summed E-state index contributed by atoms with van der Waals surface area (Å²) < 4.78 is 1.50. The first-order chi connectivity index (χ1) is 18.1. The molecule has 0 spiro atoms. The van der Waals surface area contributed by atoms with Crippen molar-refractivity contribution in [2.24, 2.45) is 0 Å². The van der Waals surface area contributed by atoms with Gasteiger partial charge in [-0.1, -0.05) is 35.9 Å². The van der Waals surface area contributed by atoms with E-state index in [1.54, 1.807) is 12.3 Å². The van der Waals surface area contributed by atoms with Crippen LogP contribution in [-0.4, -0.2) is 31.0 Å². The van der Waals surface area contributed by atoms with E-state index in [2.05, 4.69) is 47.6 Å². The smallest absolute Gasteiger partial charge is 0.355 e. The van der Waals surface area contributed by atoms with Gasteiger partial charge in [-0.25, -0.2) is 19.3 Å². The number of pyridine rings is 1. The Balaban J connectivity index is 1.18. The van der Waals surface area contributed by atoms with Gasteiger partial charge in [0, 0.05) is 37.7 Å². The molecule has 0 atom stereocenters. The number of anilines is 4. The molecular weight excluding hydrogens is 488 g/mol. The lowest BCUT2D eigenvalue weighted by molar-refractivity contribution is 0.721. The zero-order valence-corrected chi connectivity index (χ0v) is 20.4. The summed E-state index contributed by atoms with van der Waals surface area (Å²) in [5.41, 5.74) is 4.89. The number of hydrogen-bond acceptors (Lipinski definition) is 8. The van der Waals surface area contributed by atoms with Gasteiger partial charge in [-0.2, -0.15) is 9.97 Å². The zero-order valence-electron chi connectivity index (χ0n) is 19.6. The molecule has 0 saturated heterocycles. The summed E-state index contributed by atoms with van der Waals surface area (Å²) >= 11 is 6.44. The molecule has 2 aliphatic rings. The van der Waals surface area contributed by atoms with Crippen molar-refractivity contribution >= 4 is 45.9 Å². The van der Waals surface area contributed by atoms with Crippen LogP contribution >= 0.6 is 11.6 Å². The minimum atomic E-state index is -0.444. The summed E-state index contributed by atoms with van der Waals surface area (Å²) in [6, 6.07) is 17.8. The largest absolute Gasteiger partial charge is 0.366 e. The summed E-state index contributed by atoms with van der Waals surface area (Å²) in [7, 11) is 0. The molecule has 10 heteroatoms. The van der Waals surface area contributed by atoms with Gasteiger partial charge in [0.25, 0.3) is 0 Å². The van der Waals surface area contributed by atoms with E-state index in [1.165, 1.54) is 15.7 Å². The maximum Gasteiger partial charge on any atom is 0.355 e. The number of para-hydroxylation sites is 1. The maximum absolute atomic E-state index is 13.0. The highest BCUT2D eigenvalue weighted by Crippen LogP contribution is 2.33. The maximum atomic E-state index is 13.0. The molecule has 0 aliphatic carbocycles. The Morgan fingerprint density at radius 2 is 1.92 bits per heavy atom. The van der Waals surface area contributed by atoms with Crippen LogP contribution in [-0.2, 0) is 19.5 Å². The van der Waals surface area contributed by atoms with Gasteiger partial charge < -0.3 is 15.5 Å². The van der Waals surface area contributed by atoms with Gasteiger partial charge in [0.15, 0.2) is 5.65 Å². The van der Waals surface area contributed by atoms with Crippen molar-refractivity contribution in [1.29, 1.82) is 0 Å². The van der Waals surface area contributed by atoms with Gasteiger partial charge in [-0.15, -0.1) is 0 Å². The fourth-order valence-corrected chi connectivity index (χ4v) is 5.33. The van der Waals surface area contributed by atoms with Crippen molar-refractivity contribution in [3.05, 3.63) is 99.2 Å². The standard InChI is InChI=1S/C27H21ClN8O/c28-21-5-3-4-17-13-30-25-20-14-31-26(33-24(20)34-27(37)36(25)23(17)21)32-19-8-7-18-15-35(11-9-16(18)12-19)22-6-1-2-10-29-22/h1-8,10,12,14,30H,9,11,13,15H2,(H,32,33,34,37). The highest BCUT2D eigenvalue weighted by molar-refractivity contribution is 6.32. The number of hydrogen-bond donors (Lipinski definition) is 2. The molecule has 2 aromatic carbocycles. The van der Waals surface area contributed by atoms with Crippen molar-refractivity contribution in [2.75, 3.05) is 22.1 Å². The number of rotatable bonds is 3. The SMILES string of the molecule is O=c1nc2nc(Nc3ccc4c(c3)CCN(c3ccccn3)C4)ncc2c2n1-c1c(Cl)cccc1CN2. The average molecular weight is 509 g/mol. The molecule has 0 unspecified atom stereocenters. The van der Waals surface area contributed by atoms with Crippen molar-refractivity contribution < 1.29 is 0 Å². The Morgan fingerprint density at radius 3 is 2.81 bits per heavy atom. The molecule has 5 aromatic rings. The van der Waals surface area contributed by atoms with Crippen molar-refractivity contribution in [3.63, 3.8) is 0 Å². The Hall–Kier alpha value is -4.50. The summed E-state index contributed by atoms with van der Waals surface area (Å²) in [6.07, 6.45) is 4.42. The van der Waals surface area contributed by atoms with Crippen LogP contribution in [0.15, 0.2) is 71.8 Å². The predicted octanol–water partition coefficient (Wildman–Crippen LogP) is 4.46.